The molecule has 0 spiro atoms. The van der Waals surface area contributed by atoms with Gasteiger partial charge in [-0.05, 0) is 18.2 Å². The van der Waals surface area contributed by atoms with Crippen molar-refractivity contribution in [2.75, 3.05) is 5.75 Å². The van der Waals surface area contributed by atoms with Crippen LogP contribution in [0, 0.1) is 17.7 Å². The van der Waals surface area contributed by atoms with Gasteiger partial charge >= 0.3 is 0 Å². The summed E-state index contributed by atoms with van der Waals surface area (Å²) in [4.78, 5) is 10.4. The number of carbonyl (C=O) groups is 1. The van der Waals surface area contributed by atoms with Gasteiger partial charge in [0.1, 0.15) is 5.82 Å². The van der Waals surface area contributed by atoms with Crippen LogP contribution < -0.4 is 0 Å². The van der Waals surface area contributed by atoms with Gasteiger partial charge in [0.05, 0.1) is 5.56 Å². The molecule has 0 aliphatic carbocycles. The third-order valence-electron chi connectivity index (χ3n) is 1.59. The number of rotatable bonds is 2. The van der Waals surface area contributed by atoms with E-state index in [9.17, 15) is 9.18 Å². The summed E-state index contributed by atoms with van der Waals surface area (Å²) in [5, 5.41) is 0. The molecule has 0 amide bonds. The minimum atomic E-state index is -0.514. The second kappa shape index (κ2) is 5.46. The predicted molar refractivity (Wildman–Crippen MR) is 57.1 cm³/mol. The van der Waals surface area contributed by atoms with Crippen molar-refractivity contribution in [3.63, 3.8) is 0 Å². The van der Waals surface area contributed by atoms with Gasteiger partial charge in [-0.15, -0.1) is 0 Å². The Labute approximate surface area is 87.7 Å². The smallest absolute Gasteiger partial charge is 0.153 e. The molecule has 0 radical (unpaired) electrons. The first kappa shape index (κ1) is 10.8. The molecular weight excluding hydrogens is 199 g/mol. The highest BCUT2D eigenvalue weighted by Crippen LogP contribution is 2.07. The first-order valence-corrected chi connectivity index (χ1v) is 4.75. The van der Waals surface area contributed by atoms with Crippen LogP contribution in [0.3, 0.4) is 0 Å². The highest BCUT2D eigenvalue weighted by Gasteiger charge is 1.99. The molecule has 3 heteroatoms. The zero-order chi connectivity index (χ0) is 10.4. The second-order valence-electron chi connectivity index (χ2n) is 2.63. The lowest BCUT2D eigenvalue weighted by atomic mass is 10.1. The van der Waals surface area contributed by atoms with Gasteiger partial charge in [-0.25, -0.2) is 4.39 Å². The van der Waals surface area contributed by atoms with Crippen molar-refractivity contribution in [2.45, 2.75) is 6.42 Å². The molecule has 0 saturated carbocycles. The zero-order valence-electron chi connectivity index (χ0n) is 7.46. The molecule has 0 N–H and O–H groups in total. The summed E-state index contributed by atoms with van der Waals surface area (Å²) in [5.41, 5.74) is 0.693. The van der Waals surface area contributed by atoms with E-state index in [1.165, 1.54) is 12.1 Å². The molecule has 14 heavy (non-hydrogen) atoms. The van der Waals surface area contributed by atoms with Crippen molar-refractivity contribution in [1.29, 1.82) is 0 Å². The molecule has 0 unspecified atom stereocenters. The lowest BCUT2D eigenvalue weighted by molar-refractivity contribution is 0.112. The highest BCUT2D eigenvalue weighted by molar-refractivity contribution is 7.80. The molecule has 1 aromatic carbocycles. The Morgan fingerprint density at radius 3 is 2.93 bits per heavy atom. The Kier molecular flexibility index (Phi) is 4.21. The number of benzene rings is 1. The standard InChI is InChI=1S/C11H9FOS/c12-11-5-4-9(3-1-2-6-14)7-10(11)8-13/h4-5,7-8,14H,2,6H2. The molecule has 1 nitrogen and oxygen atoms in total. The van der Waals surface area contributed by atoms with Gasteiger partial charge in [0.25, 0.3) is 0 Å². The van der Waals surface area contributed by atoms with Crippen LogP contribution in [-0.2, 0) is 0 Å². The number of thiol groups is 1. The Morgan fingerprint density at radius 1 is 1.50 bits per heavy atom. The molecule has 0 saturated heterocycles. The third kappa shape index (κ3) is 2.90. The zero-order valence-corrected chi connectivity index (χ0v) is 8.35. The Balaban J connectivity index is 2.91. The number of aldehydes is 1. The lowest BCUT2D eigenvalue weighted by Crippen LogP contribution is -1.88. The molecule has 1 rings (SSSR count). The molecule has 0 bridgehead atoms. The summed E-state index contributed by atoms with van der Waals surface area (Å²) in [5.74, 6) is 5.86. The van der Waals surface area contributed by atoms with Crippen LogP contribution >= 0.6 is 12.6 Å². The Morgan fingerprint density at radius 2 is 2.29 bits per heavy atom. The monoisotopic (exact) mass is 208 g/mol. The molecule has 0 aliphatic rings. The maximum absolute atomic E-state index is 12.9. The third-order valence-corrected chi connectivity index (χ3v) is 1.82. The quantitative estimate of drug-likeness (QED) is 0.448. The fourth-order valence-electron chi connectivity index (χ4n) is 0.932. The van der Waals surface area contributed by atoms with E-state index in [0.29, 0.717) is 24.0 Å². The van der Waals surface area contributed by atoms with Crippen LogP contribution in [0.5, 0.6) is 0 Å². The van der Waals surface area contributed by atoms with Crippen molar-refractivity contribution >= 4 is 18.9 Å². The average molecular weight is 208 g/mol. The molecule has 1 aromatic rings. The SMILES string of the molecule is O=Cc1cc(C#CCCS)ccc1F. The van der Waals surface area contributed by atoms with E-state index in [-0.39, 0.29) is 5.56 Å². The van der Waals surface area contributed by atoms with Crippen LogP contribution in [0.15, 0.2) is 18.2 Å². The maximum atomic E-state index is 12.9. The first-order valence-electron chi connectivity index (χ1n) is 4.12. The van der Waals surface area contributed by atoms with Gasteiger partial charge in [0.15, 0.2) is 6.29 Å². The molecule has 72 valence electrons. The van der Waals surface area contributed by atoms with Crippen LogP contribution in [0.2, 0.25) is 0 Å². The van der Waals surface area contributed by atoms with E-state index in [1.807, 2.05) is 0 Å². The van der Waals surface area contributed by atoms with Gasteiger partial charge in [0, 0.05) is 17.7 Å². The number of hydrogen-bond acceptors (Lipinski definition) is 2. The van der Waals surface area contributed by atoms with Gasteiger partial charge in [-0.2, -0.15) is 12.6 Å². The van der Waals surface area contributed by atoms with Crippen LogP contribution in [-0.4, -0.2) is 12.0 Å². The molecule has 0 fully saturated rings. The van der Waals surface area contributed by atoms with Gasteiger partial charge in [0.2, 0.25) is 0 Å². The van der Waals surface area contributed by atoms with Gasteiger partial charge < -0.3 is 0 Å². The second-order valence-corrected chi connectivity index (χ2v) is 3.08. The topological polar surface area (TPSA) is 17.1 Å². The fourth-order valence-corrected chi connectivity index (χ4v) is 1.04. The van der Waals surface area contributed by atoms with E-state index in [1.54, 1.807) is 6.07 Å². The number of halogens is 1. The molecule has 0 aromatic heterocycles. The maximum Gasteiger partial charge on any atom is 0.153 e. The lowest BCUT2D eigenvalue weighted by Gasteiger charge is -1.94. The predicted octanol–water partition coefficient (Wildman–Crippen LogP) is 2.31. The fraction of sp³-hybridized carbons (Fsp3) is 0.182. The normalized spacial score (nSPS) is 9.00. The largest absolute Gasteiger partial charge is 0.298 e. The summed E-state index contributed by atoms with van der Waals surface area (Å²) < 4.78 is 12.9. The molecule has 0 atom stereocenters. The van der Waals surface area contributed by atoms with Gasteiger partial charge in [-0.1, -0.05) is 11.8 Å². The van der Waals surface area contributed by atoms with Crippen LogP contribution in [0.25, 0.3) is 0 Å². The van der Waals surface area contributed by atoms with Crippen molar-refractivity contribution in [2.24, 2.45) is 0 Å². The first-order chi connectivity index (χ1) is 6.77. The van der Waals surface area contributed by atoms with E-state index in [2.05, 4.69) is 24.5 Å². The summed E-state index contributed by atoms with van der Waals surface area (Å²) in [6.45, 7) is 0. The number of hydrogen-bond donors (Lipinski definition) is 1. The van der Waals surface area contributed by atoms with Crippen molar-refractivity contribution in [3.05, 3.63) is 35.1 Å². The summed E-state index contributed by atoms with van der Waals surface area (Å²) in [7, 11) is 0. The van der Waals surface area contributed by atoms with E-state index in [4.69, 9.17) is 0 Å². The minimum Gasteiger partial charge on any atom is -0.298 e. The Hall–Kier alpha value is -1.27. The van der Waals surface area contributed by atoms with Crippen LogP contribution in [0.4, 0.5) is 4.39 Å². The molecule has 0 aliphatic heterocycles. The van der Waals surface area contributed by atoms with E-state index < -0.39 is 5.82 Å². The number of carbonyl (C=O) groups excluding carboxylic acids is 1. The summed E-state index contributed by atoms with van der Waals surface area (Å²) >= 11 is 4.00. The van der Waals surface area contributed by atoms with Crippen molar-refractivity contribution in [1.82, 2.24) is 0 Å². The van der Waals surface area contributed by atoms with Crippen molar-refractivity contribution < 1.29 is 9.18 Å². The Bertz CT molecular complexity index is 390. The summed E-state index contributed by atoms with van der Waals surface area (Å²) in [6.07, 6.45) is 1.16. The average Bonchev–Trinajstić information content (AvgIpc) is 2.21. The van der Waals surface area contributed by atoms with Crippen LogP contribution in [0.1, 0.15) is 22.3 Å². The van der Waals surface area contributed by atoms with E-state index in [0.717, 1.165) is 0 Å². The highest BCUT2D eigenvalue weighted by atomic mass is 32.1. The van der Waals surface area contributed by atoms with Gasteiger partial charge in [-0.3, -0.25) is 4.79 Å². The molecule has 0 heterocycles. The summed E-state index contributed by atoms with van der Waals surface area (Å²) in [6, 6.07) is 4.23. The van der Waals surface area contributed by atoms with Crippen molar-refractivity contribution in [3.8, 4) is 11.8 Å². The molecular formula is C11H9FOS. The minimum absolute atomic E-state index is 0.0441. The van der Waals surface area contributed by atoms with E-state index >= 15 is 0 Å².